The fourth-order valence-electron chi connectivity index (χ4n) is 3.04. The zero-order chi connectivity index (χ0) is 18.7. The normalized spacial score (nSPS) is 24.5. The van der Waals surface area contributed by atoms with Crippen LogP contribution in [-0.2, 0) is 9.53 Å². The summed E-state index contributed by atoms with van der Waals surface area (Å²) in [5, 5.41) is 2.64. The fraction of sp³-hybridized carbons (Fsp3) is 0.556. The number of hydrogen-bond donors (Lipinski definition) is 1. The van der Waals surface area contributed by atoms with Gasteiger partial charge in [-0.3, -0.25) is 4.79 Å². The topological polar surface area (TPSA) is 55.4 Å². The average molecular weight is 374 g/mol. The molecule has 1 aliphatic rings. The molecule has 1 aromatic rings. The third-order valence-corrected chi connectivity index (χ3v) is 5.23. The highest BCUT2D eigenvalue weighted by Gasteiger charge is 2.30. The second-order valence-electron chi connectivity index (χ2n) is 6.68. The van der Waals surface area contributed by atoms with Crippen molar-refractivity contribution in [1.29, 1.82) is 0 Å². The van der Waals surface area contributed by atoms with E-state index >= 15 is 0 Å². The van der Waals surface area contributed by atoms with Crippen LogP contribution in [0.5, 0.6) is 0 Å². The molecule has 7 heteroatoms. The Bertz CT molecular complexity index is 668. The summed E-state index contributed by atoms with van der Waals surface area (Å²) in [7, 11) is 0. The molecular formula is C18H22ClF2NO3. The Balaban J connectivity index is 1.99. The van der Waals surface area contributed by atoms with Crippen molar-refractivity contribution in [3.8, 4) is 0 Å². The van der Waals surface area contributed by atoms with Crippen molar-refractivity contribution in [2.24, 2.45) is 11.8 Å². The quantitative estimate of drug-likeness (QED) is 0.638. The minimum absolute atomic E-state index is 0.0317. The Hall–Kier alpha value is -1.69. The van der Waals surface area contributed by atoms with Crippen molar-refractivity contribution in [3.63, 3.8) is 0 Å². The second-order valence-corrected chi connectivity index (χ2v) is 7.08. The van der Waals surface area contributed by atoms with Gasteiger partial charge < -0.3 is 10.1 Å². The van der Waals surface area contributed by atoms with Gasteiger partial charge in [-0.05, 0) is 37.3 Å². The number of hydrogen-bond acceptors (Lipinski definition) is 3. The van der Waals surface area contributed by atoms with Gasteiger partial charge in [-0.1, -0.05) is 38.3 Å². The van der Waals surface area contributed by atoms with Gasteiger partial charge in [0.2, 0.25) is 0 Å². The molecule has 0 bridgehead atoms. The van der Waals surface area contributed by atoms with Crippen LogP contribution >= 0.6 is 11.6 Å². The van der Waals surface area contributed by atoms with Crippen molar-refractivity contribution in [1.82, 2.24) is 5.32 Å². The van der Waals surface area contributed by atoms with E-state index in [0.29, 0.717) is 24.0 Å². The van der Waals surface area contributed by atoms with Gasteiger partial charge in [0, 0.05) is 6.04 Å². The van der Waals surface area contributed by atoms with Gasteiger partial charge in [-0.2, -0.15) is 0 Å². The van der Waals surface area contributed by atoms with Crippen molar-refractivity contribution < 1.29 is 23.1 Å². The van der Waals surface area contributed by atoms with Crippen LogP contribution in [0, 0.1) is 23.5 Å². The third kappa shape index (κ3) is 4.69. The van der Waals surface area contributed by atoms with Crippen molar-refractivity contribution in [2.75, 3.05) is 0 Å². The summed E-state index contributed by atoms with van der Waals surface area (Å²) in [6.45, 7) is 5.67. The van der Waals surface area contributed by atoms with E-state index in [4.69, 9.17) is 16.3 Å². The molecule has 0 heterocycles. The Kier molecular flexibility index (Phi) is 6.38. The molecule has 2 rings (SSSR count). The maximum Gasteiger partial charge on any atom is 0.340 e. The molecule has 0 radical (unpaired) electrons. The molecule has 4 atom stereocenters. The van der Waals surface area contributed by atoms with E-state index in [0.717, 1.165) is 19.3 Å². The highest BCUT2D eigenvalue weighted by atomic mass is 35.5. The van der Waals surface area contributed by atoms with E-state index in [-0.39, 0.29) is 16.6 Å². The molecule has 1 saturated carbocycles. The Morgan fingerprint density at radius 1 is 1.24 bits per heavy atom. The summed E-state index contributed by atoms with van der Waals surface area (Å²) < 4.78 is 31.4. The molecule has 1 N–H and O–H groups in total. The molecular weight excluding hydrogens is 352 g/mol. The maximum atomic E-state index is 13.3. The first-order chi connectivity index (χ1) is 11.7. The van der Waals surface area contributed by atoms with Crippen LogP contribution in [0.25, 0.3) is 0 Å². The monoisotopic (exact) mass is 373 g/mol. The number of rotatable bonds is 4. The number of benzene rings is 1. The summed E-state index contributed by atoms with van der Waals surface area (Å²) in [6, 6.07) is 1.39. The lowest BCUT2D eigenvalue weighted by atomic mass is 9.78. The van der Waals surface area contributed by atoms with Gasteiger partial charge >= 0.3 is 5.97 Å². The molecule has 0 aliphatic heterocycles. The molecule has 1 amide bonds. The first kappa shape index (κ1) is 19.6. The summed E-state index contributed by atoms with van der Waals surface area (Å²) in [5.41, 5.74) is -0.320. The van der Waals surface area contributed by atoms with Crippen LogP contribution in [0.15, 0.2) is 12.1 Å². The Morgan fingerprint density at radius 3 is 2.56 bits per heavy atom. The van der Waals surface area contributed by atoms with Crippen LogP contribution < -0.4 is 5.32 Å². The highest BCUT2D eigenvalue weighted by Crippen LogP contribution is 2.29. The first-order valence-electron chi connectivity index (χ1n) is 8.36. The SMILES string of the molecule is C[C@H]1[C@@H](NC(=O)[C@@H](C)OC(=O)c2cc(F)c(F)cc2Cl)CCC[C@@H]1C. The number of ether oxygens (including phenoxy) is 1. The van der Waals surface area contributed by atoms with Gasteiger partial charge in [0.1, 0.15) is 0 Å². The van der Waals surface area contributed by atoms with Crippen molar-refractivity contribution in [2.45, 2.75) is 52.2 Å². The maximum absolute atomic E-state index is 13.3. The number of esters is 1. The minimum Gasteiger partial charge on any atom is -0.449 e. The zero-order valence-electron chi connectivity index (χ0n) is 14.4. The van der Waals surface area contributed by atoms with E-state index in [1.165, 1.54) is 6.92 Å². The largest absolute Gasteiger partial charge is 0.449 e. The summed E-state index contributed by atoms with van der Waals surface area (Å²) in [5.74, 6) is -2.92. The number of carbonyl (C=O) groups excluding carboxylic acids is 2. The van der Waals surface area contributed by atoms with E-state index in [2.05, 4.69) is 19.2 Å². The van der Waals surface area contributed by atoms with Crippen LogP contribution in [0.1, 0.15) is 50.4 Å². The number of carbonyl (C=O) groups is 2. The molecule has 0 aromatic heterocycles. The molecule has 1 fully saturated rings. The predicted octanol–water partition coefficient (Wildman–Crippen LogP) is 4.10. The molecule has 0 spiro atoms. The van der Waals surface area contributed by atoms with Gasteiger partial charge in [0.25, 0.3) is 5.91 Å². The standard InChI is InChI=1S/C18H22ClF2NO3/c1-9-5-4-6-16(10(9)2)22-17(23)11(3)25-18(24)12-7-14(20)15(21)8-13(12)19/h7-11,16H,4-6H2,1-3H3,(H,22,23)/t9-,10+,11+,16-/m0/s1. The molecule has 25 heavy (non-hydrogen) atoms. The average Bonchev–Trinajstić information content (AvgIpc) is 2.54. The van der Waals surface area contributed by atoms with E-state index in [9.17, 15) is 18.4 Å². The van der Waals surface area contributed by atoms with Crippen molar-refractivity contribution in [3.05, 3.63) is 34.4 Å². The molecule has 4 nitrogen and oxygen atoms in total. The number of halogens is 3. The van der Waals surface area contributed by atoms with Crippen LogP contribution in [-0.4, -0.2) is 24.0 Å². The number of nitrogens with one attached hydrogen (secondary N) is 1. The van der Waals surface area contributed by atoms with Crippen molar-refractivity contribution >= 4 is 23.5 Å². The fourth-order valence-corrected chi connectivity index (χ4v) is 3.27. The highest BCUT2D eigenvalue weighted by molar-refractivity contribution is 6.33. The lowest BCUT2D eigenvalue weighted by molar-refractivity contribution is -0.130. The Labute approximate surface area is 150 Å². The lowest BCUT2D eigenvalue weighted by Gasteiger charge is -2.35. The van der Waals surface area contributed by atoms with E-state index in [1.54, 1.807) is 0 Å². The minimum atomic E-state index is -1.21. The third-order valence-electron chi connectivity index (χ3n) is 4.92. The van der Waals surface area contributed by atoms with E-state index < -0.39 is 29.6 Å². The summed E-state index contributed by atoms with van der Waals surface area (Å²) >= 11 is 5.74. The molecule has 1 aliphatic carbocycles. The predicted molar refractivity (Wildman–Crippen MR) is 90.4 cm³/mol. The Morgan fingerprint density at radius 2 is 1.88 bits per heavy atom. The van der Waals surface area contributed by atoms with Crippen LogP contribution in [0.2, 0.25) is 5.02 Å². The molecule has 0 saturated heterocycles. The summed E-state index contributed by atoms with van der Waals surface area (Å²) in [4.78, 5) is 24.4. The molecule has 0 unspecified atom stereocenters. The smallest absolute Gasteiger partial charge is 0.340 e. The second kappa shape index (κ2) is 8.13. The van der Waals surface area contributed by atoms with Gasteiger partial charge in [-0.25, -0.2) is 13.6 Å². The van der Waals surface area contributed by atoms with E-state index in [1.807, 2.05) is 0 Å². The lowest BCUT2D eigenvalue weighted by Crippen LogP contribution is -2.47. The zero-order valence-corrected chi connectivity index (χ0v) is 15.2. The molecule has 138 valence electrons. The first-order valence-corrected chi connectivity index (χ1v) is 8.74. The molecule has 1 aromatic carbocycles. The summed E-state index contributed by atoms with van der Waals surface area (Å²) in [6.07, 6.45) is 1.98. The van der Waals surface area contributed by atoms with Crippen LogP contribution in [0.4, 0.5) is 8.78 Å². The van der Waals surface area contributed by atoms with Gasteiger partial charge in [0.05, 0.1) is 10.6 Å². The van der Waals surface area contributed by atoms with Crippen LogP contribution in [0.3, 0.4) is 0 Å². The van der Waals surface area contributed by atoms with Gasteiger partial charge in [-0.15, -0.1) is 0 Å². The number of amides is 1. The van der Waals surface area contributed by atoms with Gasteiger partial charge in [0.15, 0.2) is 17.7 Å².